The highest BCUT2D eigenvalue weighted by Crippen LogP contribution is 2.36. The zero-order valence-corrected chi connectivity index (χ0v) is 10.7. The molecule has 2 aliphatic heterocycles. The van der Waals surface area contributed by atoms with Crippen LogP contribution < -0.4 is 5.32 Å². The number of rotatable bonds is 3. The van der Waals surface area contributed by atoms with E-state index < -0.39 is 0 Å². The summed E-state index contributed by atoms with van der Waals surface area (Å²) in [4.78, 5) is 2.68. The average Bonchev–Trinajstić information content (AvgIpc) is 2.60. The molecule has 15 heavy (non-hydrogen) atoms. The zero-order chi connectivity index (χ0) is 9.86. The molecule has 2 rings (SSSR count). The predicted octanol–water partition coefficient (Wildman–Crippen LogP) is 2.28. The van der Waals surface area contributed by atoms with Gasteiger partial charge in [-0.3, -0.25) is 0 Å². The maximum atomic E-state index is 3.57. The summed E-state index contributed by atoms with van der Waals surface area (Å²) >= 11 is 0. The Balaban J connectivity index is 0.00000112. The van der Waals surface area contributed by atoms with Crippen LogP contribution in [0.3, 0.4) is 0 Å². The van der Waals surface area contributed by atoms with E-state index in [0.717, 1.165) is 0 Å². The van der Waals surface area contributed by atoms with Crippen LogP contribution in [-0.2, 0) is 0 Å². The first-order valence-electron chi connectivity index (χ1n) is 6.28. The van der Waals surface area contributed by atoms with Crippen molar-refractivity contribution >= 4 is 12.4 Å². The molecule has 2 nitrogen and oxygen atoms in total. The Morgan fingerprint density at radius 3 is 2.87 bits per heavy atom. The summed E-state index contributed by atoms with van der Waals surface area (Å²) in [5, 5.41) is 3.57. The van der Waals surface area contributed by atoms with E-state index in [-0.39, 0.29) is 12.4 Å². The molecule has 2 saturated heterocycles. The molecule has 1 spiro atoms. The number of hydrogen-bond acceptors (Lipinski definition) is 2. The Hall–Kier alpha value is 0.210. The molecule has 0 amide bonds. The average molecular weight is 233 g/mol. The van der Waals surface area contributed by atoms with E-state index in [0.29, 0.717) is 5.41 Å². The molecule has 0 bridgehead atoms. The van der Waals surface area contributed by atoms with Crippen molar-refractivity contribution in [1.29, 1.82) is 0 Å². The Bertz CT molecular complexity index is 178. The Kier molecular flexibility index (Phi) is 5.37. The minimum Gasteiger partial charge on any atom is -0.316 e. The highest BCUT2D eigenvalue weighted by molar-refractivity contribution is 5.85. The van der Waals surface area contributed by atoms with Gasteiger partial charge in [-0.25, -0.2) is 0 Å². The third-order valence-corrected chi connectivity index (χ3v) is 3.91. The second-order valence-electron chi connectivity index (χ2n) is 5.16. The van der Waals surface area contributed by atoms with E-state index in [1.807, 2.05) is 0 Å². The molecule has 1 N–H and O–H groups in total. The van der Waals surface area contributed by atoms with Gasteiger partial charge >= 0.3 is 0 Å². The molecule has 0 saturated carbocycles. The van der Waals surface area contributed by atoms with Gasteiger partial charge in [0.1, 0.15) is 0 Å². The number of likely N-dealkylation sites (tertiary alicyclic amines) is 1. The summed E-state index contributed by atoms with van der Waals surface area (Å²) < 4.78 is 0. The third-order valence-electron chi connectivity index (χ3n) is 3.91. The Labute approximate surface area is 100 Å². The molecule has 0 aromatic carbocycles. The van der Waals surface area contributed by atoms with Gasteiger partial charge in [-0.15, -0.1) is 12.4 Å². The second-order valence-corrected chi connectivity index (χ2v) is 5.16. The Morgan fingerprint density at radius 1 is 1.33 bits per heavy atom. The number of nitrogens with zero attached hydrogens (tertiary/aromatic N) is 1. The molecule has 0 aromatic rings. The van der Waals surface area contributed by atoms with E-state index in [1.165, 1.54) is 64.8 Å². The summed E-state index contributed by atoms with van der Waals surface area (Å²) in [6.45, 7) is 8.85. The van der Waals surface area contributed by atoms with Gasteiger partial charge in [-0.1, -0.05) is 13.3 Å². The van der Waals surface area contributed by atoms with E-state index in [1.54, 1.807) is 0 Å². The maximum Gasteiger partial charge on any atom is 0.00506 e. The first kappa shape index (κ1) is 13.3. The standard InChI is InChI=1S/C12H24N2.ClH/c1-2-3-8-14-9-6-12(11-14)5-4-7-13-10-12;/h13H,2-11H2,1H3;1H. The molecule has 1 unspecified atom stereocenters. The number of unbranched alkanes of at least 4 members (excludes halogenated alkanes) is 1. The van der Waals surface area contributed by atoms with Crippen molar-refractivity contribution in [3.8, 4) is 0 Å². The lowest BCUT2D eigenvalue weighted by molar-refractivity contribution is 0.201. The van der Waals surface area contributed by atoms with E-state index in [2.05, 4.69) is 17.1 Å². The van der Waals surface area contributed by atoms with Crippen molar-refractivity contribution in [3.63, 3.8) is 0 Å². The first-order valence-corrected chi connectivity index (χ1v) is 6.28. The van der Waals surface area contributed by atoms with Gasteiger partial charge in [0.2, 0.25) is 0 Å². The molecule has 0 aliphatic carbocycles. The lowest BCUT2D eigenvalue weighted by Crippen LogP contribution is -2.41. The maximum absolute atomic E-state index is 3.57. The van der Waals surface area contributed by atoms with Crippen LogP contribution in [-0.4, -0.2) is 37.6 Å². The molecular formula is C12H25ClN2. The highest BCUT2D eigenvalue weighted by atomic mass is 35.5. The highest BCUT2D eigenvalue weighted by Gasteiger charge is 2.38. The van der Waals surface area contributed by atoms with Crippen LogP contribution in [0.5, 0.6) is 0 Å². The minimum absolute atomic E-state index is 0. The third kappa shape index (κ3) is 3.33. The summed E-state index contributed by atoms with van der Waals surface area (Å²) in [5.41, 5.74) is 0.659. The lowest BCUT2D eigenvalue weighted by atomic mass is 9.80. The SMILES string of the molecule is CCCCN1CCC2(CCCNC2)C1.Cl. The molecule has 0 radical (unpaired) electrons. The number of hydrogen-bond donors (Lipinski definition) is 1. The molecule has 3 heteroatoms. The van der Waals surface area contributed by atoms with Crippen molar-refractivity contribution in [1.82, 2.24) is 10.2 Å². The van der Waals surface area contributed by atoms with Crippen LogP contribution >= 0.6 is 12.4 Å². The summed E-state index contributed by atoms with van der Waals surface area (Å²) in [6, 6.07) is 0. The first-order chi connectivity index (χ1) is 6.85. The van der Waals surface area contributed by atoms with Crippen molar-refractivity contribution in [2.45, 2.75) is 39.0 Å². The molecule has 90 valence electrons. The van der Waals surface area contributed by atoms with Crippen LogP contribution in [0.15, 0.2) is 0 Å². The van der Waals surface area contributed by atoms with Gasteiger partial charge < -0.3 is 10.2 Å². The van der Waals surface area contributed by atoms with Crippen molar-refractivity contribution in [3.05, 3.63) is 0 Å². The van der Waals surface area contributed by atoms with Crippen molar-refractivity contribution in [2.75, 3.05) is 32.7 Å². The van der Waals surface area contributed by atoms with Crippen molar-refractivity contribution < 1.29 is 0 Å². The topological polar surface area (TPSA) is 15.3 Å². The van der Waals surface area contributed by atoms with Gasteiger partial charge in [0.25, 0.3) is 0 Å². The molecule has 2 heterocycles. The normalized spacial score (nSPS) is 31.8. The largest absolute Gasteiger partial charge is 0.316 e. The molecule has 2 aliphatic rings. The van der Waals surface area contributed by atoms with Crippen LogP contribution in [0.1, 0.15) is 39.0 Å². The molecular weight excluding hydrogens is 208 g/mol. The smallest absolute Gasteiger partial charge is 0.00506 e. The number of nitrogens with one attached hydrogen (secondary N) is 1. The van der Waals surface area contributed by atoms with E-state index in [4.69, 9.17) is 0 Å². The van der Waals surface area contributed by atoms with Crippen LogP contribution in [0.2, 0.25) is 0 Å². The van der Waals surface area contributed by atoms with E-state index >= 15 is 0 Å². The zero-order valence-electron chi connectivity index (χ0n) is 9.93. The van der Waals surface area contributed by atoms with Gasteiger partial charge in [0, 0.05) is 13.1 Å². The van der Waals surface area contributed by atoms with Gasteiger partial charge in [0.15, 0.2) is 0 Å². The summed E-state index contributed by atoms with van der Waals surface area (Å²) in [6.07, 6.45) is 7.00. The summed E-state index contributed by atoms with van der Waals surface area (Å²) in [5.74, 6) is 0. The lowest BCUT2D eigenvalue weighted by Gasteiger charge is -2.34. The van der Waals surface area contributed by atoms with E-state index in [9.17, 15) is 0 Å². The van der Waals surface area contributed by atoms with Gasteiger partial charge in [-0.05, 0) is 50.7 Å². The van der Waals surface area contributed by atoms with Crippen LogP contribution in [0.25, 0.3) is 0 Å². The Morgan fingerprint density at radius 2 is 2.20 bits per heavy atom. The van der Waals surface area contributed by atoms with Crippen LogP contribution in [0, 0.1) is 5.41 Å². The fourth-order valence-corrected chi connectivity index (χ4v) is 2.98. The number of piperidine rings is 1. The molecule has 1 atom stereocenters. The number of halogens is 1. The monoisotopic (exact) mass is 232 g/mol. The van der Waals surface area contributed by atoms with Gasteiger partial charge in [-0.2, -0.15) is 0 Å². The minimum atomic E-state index is 0. The second kappa shape index (κ2) is 6.07. The van der Waals surface area contributed by atoms with Crippen molar-refractivity contribution in [2.24, 2.45) is 5.41 Å². The fraction of sp³-hybridized carbons (Fsp3) is 1.00. The quantitative estimate of drug-likeness (QED) is 0.804. The predicted molar refractivity (Wildman–Crippen MR) is 67.7 cm³/mol. The fourth-order valence-electron chi connectivity index (χ4n) is 2.98. The molecule has 2 fully saturated rings. The van der Waals surface area contributed by atoms with Crippen LogP contribution in [0.4, 0.5) is 0 Å². The molecule has 0 aromatic heterocycles. The summed E-state index contributed by atoms with van der Waals surface area (Å²) in [7, 11) is 0. The van der Waals surface area contributed by atoms with Gasteiger partial charge in [0.05, 0.1) is 0 Å².